The summed E-state index contributed by atoms with van der Waals surface area (Å²) in [6, 6.07) is 10.4. The minimum atomic E-state index is -0.657. The molecule has 1 N–H and O–H groups in total. The second-order valence-electron chi connectivity index (χ2n) is 5.43. The number of carbonyl (C=O) groups is 2. The molecule has 0 spiro atoms. The van der Waals surface area contributed by atoms with Crippen LogP contribution in [0.4, 0.5) is 0 Å². The first-order valence-electron chi connectivity index (χ1n) is 7.74. The fourth-order valence-electron chi connectivity index (χ4n) is 2.22. The van der Waals surface area contributed by atoms with Crippen LogP contribution in [0, 0.1) is 0 Å². The van der Waals surface area contributed by atoms with Crippen molar-refractivity contribution in [2.24, 2.45) is 0 Å². The Hall–Kier alpha value is -2.64. The number of rotatable bonds is 6. The first-order chi connectivity index (χ1) is 12.5. The predicted octanol–water partition coefficient (Wildman–Crippen LogP) is 4.09. The first-order valence-corrected chi connectivity index (χ1v) is 9.00. The van der Waals surface area contributed by atoms with Crippen LogP contribution in [-0.4, -0.2) is 23.5 Å². The Morgan fingerprint density at radius 3 is 2.92 bits per heavy atom. The smallest absolute Gasteiger partial charge is 0.358 e. The van der Waals surface area contributed by atoms with E-state index in [-0.39, 0.29) is 11.7 Å². The maximum atomic E-state index is 12.1. The quantitative estimate of drug-likeness (QED) is 0.641. The van der Waals surface area contributed by atoms with Gasteiger partial charge in [-0.2, -0.15) is 0 Å². The number of hydrogen-bond donors (Lipinski definition) is 1. The van der Waals surface area contributed by atoms with Crippen LogP contribution in [0.15, 0.2) is 52.5 Å². The van der Waals surface area contributed by atoms with Crippen LogP contribution >= 0.6 is 22.9 Å². The van der Waals surface area contributed by atoms with E-state index in [0.29, 0.717) is 15.8 Å². The summed E-state index contributed by atoms with van der Waals surface area (Å²) >= 11 is 7.26. The monoisotopic (exact) mass is 390 g/mol. The van der Waals surface area contributed by atoms with Gasteiger partial charge in [0, 0.05) is 16.0 Å². The Morgan fingerprint density at radius 2 is 2.19 bits per heavy atom. The number of benzene rings is 1. The third kappa shape index (κ3) is 4.50. The van der Waals surface area contributed by atoms with Gasteiger partial charge in [0.2, 0.25) is 0 Å². The SMILES string of the molecule is C[C@@H](NC(=O)COC(=O)c1csc(-c2cccc(Cl)c2)n1)c1ccco1. The van der Waals surface area contributed by atoms with Crippen LogP contribution in [0.25, 0.3) is 10.6 Å². The van der Waals surface area contributed by atoms with Crippen LogP contribution in [0.2, 0.25) is 5.02 Å². The Morgan fingerprint density at radius 1 is 1.35 bits per heavy atom. The van der Waals surface area contributed by atoms with Gasteiger partial charge in [0.1, 0.15) is 10.8 Å². The number of nitrogens with one attached hydrogen (secondary N) is 1. The minimum absolute atomic E-state index is 0.150. The lowest BCUT2D eigenvalue weighted by molar-refractivity contribution is -0.125. The van der Waals surface area contributed by atoms with E-state index >= 15 is 0 Å². The fraction of sp³-hybridized carbons (Fsp3) is 0.167. The second-order valence-corrected chi connectivity index (χ2v) is 6.72. The molecule has 1 amide bonds. The Kier molecular flexibility index (Phi) is 5.70. The third-order valence-electron chi connectivity index (χ3n) is 3.47. The number of carbonyl (C=O) groups excluding carboxylic acids is 2. The van der Waals surface area contributed by atoms with E-state index in [9.17, 15) is 9.59 Å². The van der Waals surface area contributed by atoms with E-state index in [1.165, 1.54) is 17.6 Å². The van der Waals surface area contributed by atoms with Gasteiger partial charge in [-0.3, -0.25) is 4.79 Å². The maximum Gasteiger partial charge on any atom is 0.358 e. The van der Waals surface area contributed by atoms with Gasteiger partial charge in [-0.15, -0.1) is 11.3 Å². The molecule has 0 saturated carbocycles. The molecule has 0 aliphatic carbocycles. The fourth-order valence-corrected chi connectivity index (χ4v) is 3.20. The van der Waals surface area contributed by atoms with E-state index in [0.717, 1.165) is 5.56 Å². The highest BCUT2D eigenvalue weighted by atomic mass is 35.5. The number of amides is 1. The Labute approximate surface area is 158 Å². The lowest BCUT2D eigenvalue weighted by Crippen LogP contribution is -2.31. The van der Waals surface area contributed by atoms with Gasteiger partial charge in [0.05, 0.1) is 12.3 Å². The van der Waals surface area contributed by atoms with Crippen LogP contribution in [0.3, 0.4) is 0 Å². The average molecular weight is 391 g/mol. The van der Waals surface area contributed by atoms with Gasteiger partial charge >= 0.3 is 5.97 Å². The molecule has 0 aliphatic rings. The molecule has 1 aromatic carbocycles. The van der Waals surface area contributed by atoms with Crippen molar-refractivity contribution in [3.05, 3.63) is 64.5 Å². The average Bonchev–Trinajstić information content (AvgIpc) is 3.31. The van der Waals surface area contributed by atoms with Crippen molar-refractivity contribution in [2.45, 2.75) is 13.0 Å². The van der Waals surface area contributed by atoms with Gasteiger partial charge in [0.15, 0.2) is 12.3 Å². The minimum Gasteiger partial charge on any atom is -0.467 e. The zero-order valence-electron chi connectivity index (χ0n) is 13.8. The molecule has 0 unspecified atom stereocenters. The van der Waals surface area contributed by atoms with Crippen LogP contribution in [-0.2, 0) is 9.53 Å². The zero-order valence-corrected chi connectivity index (χ0v) is 15.3. The number of nitrogens with zero attached hydrogens (tertiary/aromatic N) is 1. The molecule has 3 rings (SSSR count). The van der Waals surface area contributed by atoms with Crippen molar-refractivity contribution in [3.63, 3.8) is 0 Å². The summed E-state index contributed by atoms with van der Waals surface area (Å²) < 4.78 is 10.2. The van der Waals surface area contributed by atoms with Gasteiger partial charge in [0.25, 0.3) is 5.91 Å². The molecule has 8 heteroatoms. The van der Waals surface area contributed by atoms with Crippen molar-refractivity contribution in [3.8, 4) is 10.6 Å². The molecule has 134 valence electrons. The van der Waals surface area contributed by atoms with Crippen molar-refractivity contribution in [1.29, 1.82) is 0 Å². The molecule has 0 radical (unpaired) electrons. The highest BCUT2D eigenvalue weighted by molar-refractivity contribution is 7.13. The van der Waals surface area contributed by atoms with Crippen LogP contribution in [0.5, 0.6) is 0 Å². The summed E-state index contributed by atoms with van der Waals surface area (Å²) in [5.41, 5.74) is 0.962. The van der Waals surface area contributed by atoms with E-state index in [2.05, 4.69) is 10.3 Å². The number of aromatic nitrogens is 1. The van der Waals surface area contributed by atoms with Gasteiger partial charge < -0.3 is 14.5 Å². The summed E-state index contributed by atoms with van der Waals surface area (Å²) in [7, 11) is 0. The molecule has 1 atom stereocenters. The highest BCUT2D eigenvalue weighted by Gasteiger charge is 2.17. The Bertz CT molecular complexity index is 908. The molecule has 0 fully saturated rings. The second kappa shape index (κ2) is 8.16. The van der Waals surface area contributed by atoms with E-state index in [4.69, 9.17) is 20.8 Å². The van der Waals surface area contributed by atoms with Gasteiger partial charge in [-0.25, -0.2) is 9.78 Å². The van der Waals surface area contributed by atoms with Crippen LogP contribution < -0.4 is 5.32 Å². The number of furan rings is 1. The summed E-state index contributed by atoms with van der Waals surface area (Å²) in [6.45, 7) is 1.38. The van der Waals surface area contributed by atoms with Crippen molar-refractivity contribution in [1.82, 2.24) is 10.3 Å². The number of ether oxygens (including phenoxy) is 1. The van der Waals surface area contributed by atoms with Crippen molar-refractivity contribution >= 4 is 34.8 Å². The van der Waals surface area contributed by atoms with Gasteiger partial charge in [-0.1, -0.05) is 23.7 Å². The number of esters is 1. The number of thiazole rings is 1. The topological polar surface area (TPSA) is 81.4 Å². The molecular weight excluding hydrogens is 376 g/mol. The molecule has 0 bridgehead atoms. The number of halogens is 1. The first kappa shape index (κ1) is 18.2. The molecule has 3 aromatic rings. The standard InChI is InChI=1S/C18H15ClN2O4S/c1-11(15-6-3-7-24-15)20-16(22)9-25-18(23)14-10-26-17(21-14)12-4-2-5-13(19)8-12/h2-8,10-11H,9H2,1H3,(H,20,22)/t11-/m1/s1. The number of hydrogen-bond acceptors (Lipinski definition) is 6. The molecule has 0 aliphatic heterocycles. The highest BCUT2D eigenvalue weighted by Crippen LogP contribution is 2.26. The summed E-state index contributed by atoms with van der Waals surface area (Å²) in [5.74, 6) is -0.460. The van der Waals surface area contributed by atoms with E-state index in [1.54, 1.807) is 36.6 Å². The largest absolute Gasteiger partial charge is 0.467 e. The van der Waals surface area contributed by atoms with Gasteiger partial charge in [-0.05, 0) is 31.2 Å². The van der Waals surface area contributed by atoms with Crippen molar-refractivity contribution < 1.29 is 18.7 Å². The maximum absolute atomic E-state index is 12.1. The molecule has 6 nitrogen and oxygen atoms in total. The lowest BCUT2D eigenvalue weighted by Gasteiger charge is -2.11. The molecule has 2 aromatic heterocycles. The molecule has 0 saturated heterocycles. The summed E-state index contributed by atoms with van der Waals surface area (Å²) in [6.07, 6.45) is 1.53. The lowest BCUT2D eigenvalue weighted by atomic mass is 10.2. The normalized spacial score (nSPS) is 11.8. The predicted molar refractivity (Wildman–Crippen MR) is 98.1 cm³/mol. The molecular formula is C18H15ClN2O4S. The zero-order chi connectivity index (χ0) is 18.5. The van der Waals surface area contributed by atoms with E-state index < -0.39 is 18.5 Å². The summed E-state index contributed by atoms with van der Waals surface area (Å²) in [4.78, 5) is 28.2. The summed E-state index contributed by atoms with van der Waals surface area (Å²) in [5, 5.41) is 5.50. The molecule has 2 heterocycles. The molecule has 26 heavy (non-hydrogen) atoms. The third-order valence-corrected chi connectivity index (χ3v) is 4.59. The van der Waals surface area contributed by atoms with Crippen LogP contribution in [0.1, 0.15) is 29.2 Å². The van der Waals surface area contributed by atoms with E-state index in [1.807, 2.05) is 12.1 Å². The van der Waals surface area contributed by atoms with Crippen molar-refractivity contribution in [2.75, 3.05) is 6.61 Å². The Balaban J connectivity index is 1.54.